The summed E-state index contributed by atoms with van der Waals surface area (Å²) in [6.07, 6.45) is 2.47. The highest BCUT2D eigenvalue weighted by molar-refractivity contribution is 8.18. The molecule has 0 radical (unpaired) electrons. The molecule has 0 unspecified atom stereocenters. The summed E-state index contributed by atoms with van der Waals surface area (Å²) in [5.74, 6) is 0.461. The molecule has 0 spiro atoms. The van der Waals surface area contributed by atoms with E-state index >= 15 is 0 Å². The van der Waals surface area contributed by atoms with Gasteiger partial charge in [-0.25, -0.2) is 0 Å². The van der Waals surface area contributed by atoms with Crippen molar-refractivity contribution in [1.82, 2.24) is 4.90 Å². The summed E-state index contributed by atoms with van der Waals surface area (Å²) < 4.78 is 38.3. The lowest BCUT2D eigenvalue weighted by molar-refractivity contribution is -0.123. The first-order valence-corrected chi connectivity index (χ1v) is 11.8. The van der Waals surface area contributed by atoms with E-state index in [4.69, 9.17) is 13.7 Å². The standard InChI is InChI=1S/C21H21NO7S2/c1-14-4-7-16(8-5-14)28-11-10-22-20(23)19(30-21(22)24)13-15-6-9-17(18(12-15)27-2)29-31(3,25)26/h4-9,12-13H,10-11H2,1-3H3/b19-13-. The predicted molar refractivity (Wildman–Crippen MR) is 118 cm³/mol. The van der Waals surface area contributed by atoms with E-state index in [-0.39, 0.29) is 34.8 Å². The molecule has 31 heavy (non-hydrogen) atoms. The Kier molecular flexibility index (Phi) is 6.91. The van der Waals surface area contributed by atoms with E-state index in [1.54, 1.807) is 12.1 Å². The normalized spacial score (nSPS) is 15.5. The third-order valence-electron chi connectivity index (χ3n) is 4.20. The van der Waals surface area contributed by atoms with Crippen LogP contribution in [0.4, 0.5) is 4.79 Å². The van der Waals surface area contributed by atoms with Crippen LogP contribution in [0.15, 0.2) is 47.4 Å². The number of aryl methyl sites for hydroxylation is 1. The van der Waals surface area contributed by atoms with Crippen molar-refractivity contribution in [3.8, 4) is 17.2 Å². The number of nitrogens with zero attached hydrogens (tertiary/aromatic N) is 1. The second kappa shape index (κ2) is 9.44. The number of hydrogen-bond acceptors (Lipinski definition) is 8. The zero-order valence-corrected chi connectivity index (χ0v) is 18.8. The molecule has 0 atom stereocenters. The summed E-state index contributed by atoms with van der Waals surface area (Å²) in [4.78, 5) is 26.3. The van der Waals surface area contributed by atoms with Crippen LogP contribution in [0, 0.1) is 6.92 Å². The van der Waals surface area contributed by atoms with Crippen molar-refractivity contribution in [1.29, 1.82) is 0 Å². The van der Waals surface area contributed by atoms with Gasteiger partial charge in [-0.15, -0.1) is 0 Å². The number of carbonyl (C=O) groups is 2. The van der Waals surface area contributed by atoms with Crippen LogP contribution >= 0.6 is 11.8 Å². The van der Waals surface area contributed by atoms with Crippen LogP contribution in [0.2, 0.25) is 0 Å². The molecule has 1 aliphatic heterocycles. The van der Waals surface area contributed by atoms with Gasteiger partial charge in [0.1, 0.15) is 12.4 Å². The minimum atomic E-state index is -3.72. The molecule has 10 heteroatoms. The Hall–Kier alpha value is -2.98. The van der Waals surface area contributed by atoms with Crippen molar-refractivity contribution < 1.29 is 31.7 Å². The molecule has 0 aliphatic carbocycles. The molecule has 1 aliphatic rings. The summed E-state index contributed by atoms with van der Waals surface area (Å²) in [6, 6.07) is 12.0. The lowest BCUT2D eigenvalue weighted by Crippen LogP contribution is -2.32. The molecule has 0 bridgehead atoms. The summed E-state index contributed by atoms with van der Waals surface area (Å²) in [6.45, 7) is 2.28. The molecule has 2 amide bonds. The monoisotopic (exact) mass is 463 g/mol. The molecule has 8 nitrogen and oxygen atoms in total. The second-order valence-corrected chi connectivity index (χ2v) is 9.26. The Morgan fingerprint density at radius 1 is 1.06 bits per heavy atom. The Balaban J connectivity index is 1.68. The van der Waals surface area contributed by atoms with Crippen LogP contribution in [0.25, 0.3) is 6.08 Å². The van der Waals surface area contributed by atoms with Crippen LogP contribution in [0.1, 0.15) is 11.1 Å². The molecule has 1 saturated heterocycles. The number of thioether (sulfide) groups is 1. The summed E-state index contributed by atoms with van der Waals surface area (Å²) in [5.41, 5.74) is 1.66. The number of rotatable bonds is 8. The highest BCUT2D eigenvalue weighted by Crippen LogP contribution is 2.34. The predicted octanol–water partition coefficient (Wildman–Crippen LogP) is 3.46. The molecular weight excluding hydrogens is 442 g/mol. The molecule has 2 aromatic rings. The van der Waals surface area contributed by atoms with E-state index in [0.29, 0.717) is 11.3 Å². The fourth-order valence-electron chi connectivity index (χ4n) is 2.74. The van der Waals surface area contributed by atoms with Gasteiger partial charge in [0, 0.05) is 0 Å². The number of imide groups is 1. The number of carbonyl (C=O) groups excluding carboxylic acids is 2. The largest absolute Gasteiger partial charge is 0.493 e. The summed E-state index contributed by atoms with van der Waals surface area (Å²) >= 11 is 0.828. The van der Waals surface area contributed by atoms with Crippen molar-refractivity contribution in [3.05, 3.63) is 58.5 Å². The summed E-state index contributed by atoms with van der Waals surface area (Å²) in [5, 5.41) is -0.382. The van der Waals surface area contributed by atoms with Gasteiger partial charge in [-0.05, 0) is 54.6 Å². The van der Waals surface area contributed by atoms with Crippen molar-refractivity contribution in [2.24, 2.45) is 0 Å². The minimum absolute atomic E-state index is 0.0310. The van der Waals surface area contributed by atoms with Gasteiger partial charge in [0.15, 0.2) is 11.5 Å². The molecule has 2 aromatic carbocycles. The molecule has 0 N–H and O–H groups in total. The quantitative estimate of drug-likeness (QED) is 0.434. The highest BCUT2D eigenvalue weighted by Gasteiger charge is 2.34. The van der Waals surface area contributed by atoms with E-state index in [0.717, 1.165) is 28.5 Å². The number of hydrogen-bond donors (Lipinski definition) is 0. The first-order chi connectivity index (χ1) is 14.7. The fourth-order valence-corrected chi connectivity index (χ4v) is 4.07. The van der Waals surface area contributed by atoms with Crippen LogP contribution in [0.5, 0.6) is 17.2 Å². The zero-order valence-electron chi connectivity index (χ0n) is 17.2. The van der Waals surface area contributed by atoms with E-state index in [1.165, 1.54) is 19.2 Å². The van der Waals surface area contributed by atoms with Gasteiger partial charge < -0.3 is 13.7 Å². The molecule has 0 saturated carbocycles. The molecule has 3 rings (SSSR count). The highest BCUT2D eigenvalue weighted by atomic mass is 32.2. The second-order valence-electron chi connectivity index (χ2n) is 6.69. The average Bonchev–Trinajstić information content (AvgIpc) is 2.97. The van der Waals surface area contributed by atoms with Crippen molar-refractivity contribution in [3.63, 3.8) is 0 Å². The number of amides is 2. The van der Waals surface area contributed by atoms with Gasteiger partial charge in [0.2, 0.25) is 0 Å². The van der Waals surface area contributed by atoms with Gasteiger partial charge >= 0.3 is 10.1 Å². The number of methoxy groups -OCH3 is 1. The Morgan fingerprint density at radius 3 is 2.42 bits per heavy atom. The van der Waals surface area contributed by atoms with Crippen molar-refractivity contribution in [2.45, 2.75) is 6.92 Å². The first kappa shape index (κ1) is 22.7. The van der Waals surface area contributed by atoms with Crippen LogP contribution in [-0.2, 0) is 14.9 Å². The maximum atomic E-state index is 12.6. The topological polar surface area (TPSA) is 99.2 Å². The third kappa shape index (κ3) is 6.02. The van der Waals surface area contributed by atoms with Gasteiger partial charge in [0.25, 0.3) is 11.1 Å². The molecule has 1 heterocycles. The Morgan fingerprint density at radius 2 is 1.77 bits per heavy atom. The van der Waals surface area contributed by atoms with Gasteiger partial charge in [-0.2, -0.15) is 8.42 Å². The van der Waals surface area contributed by atoms with Crippen molar-refractivity contribution in [2.75, 3.05) is 26.5 Å². The van der Waals surface area contributed by atoms with E-state index in [2.05, 4.69) is 0 Å². The molecule has 0 aromatic heterocycles. The number of ether oxygens (including phenoxy) is 2. The maximum Gasteiger partial charge on any atom is 0.306 e. The molecule has 1 fully saturated rings. The SMILES string of the molecule is COc1cc(/C=C2\SC(=O)N(CCOc3ccc(C)cc3)C2=O)ccc1OS(C)(=O)=O. The average molecular weight is 464 g/mol. The van der Waals surface area contributed by atoms with Crippen molar-refractivity contribution >= 4 is 39.1 Å². The minimum Gasteiger partial charge on any atom is -0.493 e. The van der Waals surface area contributed by atoms with E-state index in [9.17, 15) is 18.0 Å². The Bertz CT molecular complexity index is 1120. The third-order valence-corrected chi connectivity index (χ3v) is 5.59. The van der Waals surface area contributed by atoms with Crippen LogP contribution in [0.3, 0.4) is 0 Å². The first-order valence-electron chi connectivity index (χ1n) is 9.18. The van der Waals surface area contributed by atoms with Crippen LogP contribution in [-0.4, -0.2) is 51.0 Å². The molecular formula is C21H21NO7S2. The zero-order chi connectivity index (χ0) is 22.6. The maximum absolute atomic E-state index is 12.6. The van der Waals surface area contributed by atoms with Gasteiger partial charge in [-0.1, -0.05) is 23.8 Å². The van der Waals surface area contributed by atoms with E-state index < -0.39 is 16.0 Å². The summed E-state index contributed by atoms with van der Waals surface area (Å²) in [7, 11) is -2.35. The molecule has 164 valence electrons. The van der Waals surface area contributed by atoms with Crippen LogP contribution < -0.4 is 13.7 Å². The Labute approximate surface area is 184 Å². The van der Waals surface area contributed by atoms with Gasteiger partial charge in [-0.3, -0.25) is 14.5 Å². The lowest BCUT2D eigenvalue weighted by atomic mass is 10.2. The smallest absolute Gasteiger partial charge is 0.306 e. The lowest BCUT2D eigenvalue weighted by Gasteiger charge is -2.13. The van der Waals surface area contributed by atoms with E-state index in [1.807, 2.05) is 31.2 Å². The number of benzene rings is 2. The fraction of sp³-hybridized carbons (Fsp3) is 0.238. The van der Waals surface area contributed by atoms with Gasteiger partial charge in [0.05, 0.1) is 24.8 Å².